The topological polar surface area (TPSA) is 77.8 Å². The van der Waals surface area contributed by atoms with Gasteiger partial charge in [0.15, 0.2) is 23.0 Å². The monoisotopic (exact) mass is 546 g/mol. The second-order valence-corrected chi connectivity index (χ2v) is 12.7. The van der Waals surface area contributed by atoms with Gasteiger partial charge in [-0.25, -0.2) is 18.9 Å². The Balaban J connectivity index is 1.12. The molecule has 0 aromatic carbocycles. The van der Waals surface area contributed by atoms with Crippen LogP contribution in [-0.2, 0) is 0 Å². The molecule has 3 saturated heterocycles. The number of piperidine rings is 1. The Kier molecular flexibility index (Phi) is 6.05. The molecule has 4 aromatic rings. The highest BCUT2D eigenvalue weighted by molar-refractivity contribution is 5.93. The minimum absolute atomic E-state index is 0.0935. The fourth-order valence-corrected chi connectivity index (χ4v) is 7.32. The first-order valence-corrected chi connectivity index (χ1v) is 14.6. The minimum Gasteiger partial charge on any atom is -0.493 e. The van der Waals surface area contributed by atoms with Gasteiger partial charge < -0.3 is 19.5 Å². The molecular formula is C30H39FN8O. The highest BCUT2D eigenvalue weighted by Gasteiger charge is 2.54. The molecule has 0 atom stereocenters. The standard InChI is InChI=1S/C30H39FN8O/c1-18(2)24-25-22(35-27(24)20-10-23(40-5)28-33-17-34-39(28)12-20)11-32-29(26(25)31)38-15-30(16-38)13-37(14-30)21-6-8-36(9-7-21)19(3)4/h10-12,17-19,21,35H,6-9,13-16H2,1-5H3. The molecule has 212 valence electrons. The van der Waals surface area contributed by atoms with Crippen LogP contribution < -0.4 is 9.64 Å². The SMILES string of the molecule is COc1cc(-c2[nH]c3cnc(N4CC5(C4)CN(C4CCN(C(C)C)CC4)C5)c(F)c3c2C(C)C)cn2ncnc12. The number of nitrogens with one attached hydrogen (secondary N) is 1. The van der Waals surface area contributed by atoms with Gasteiger partial charge in [0, 0.05) is 60.8 Å². The van der Waals surface area contributed by atoms with Crippen LogP contribution in [0.4, 0.5) is 10.2 Å². The van der Waals surface area contributed by atoms with Gasteiger partial charge in [0.25, 0.3) is 0 Å². The molecular weight excluding hydrogens is 507 g/mol. The van der Waals surface area contributed by atoms with Crippen LogP contribution in [-0.4, -0.2) is 92.8 Å². The predicted octanol–water partition coefficient (Wildman–Crippen LogP) is 4.54. The number of anilines is 1. The van der Waals surface area contributed by atoms with Crippen molar-refractivity contribution in [3.05, 3.63) is 36.2 Å². The Bertz CT molecular complexity index is 1550. The summed E-state index contributed by atoms with van der Waals surface area (Å²) in [5.41, 5.74) is 4.30. The van der Waals surface area contributed by atoms with Crippen LogP contribution in [0.3, 0.4) is 0 Å². The third-order valence-corrected chi connectivity index (χ3v) is 9.40. The zero-order chi connectivity index (χ0) is 27.8. The van der Waals surface area contributed by atoms with E-state index in [9.17, 15) is 0 Å². The minimum atomic E-state index is -0.232. The average Bonchev–Trinajstić information content (AvgIpc) is 3.53. The van der Waals surface area contributed by atoms with Crippen molar-refractivity contribution in [1.82, 2.24) is 34.4 Å². The largest absolute Gasteiger partial charge is 0.493 e. The zero-order valence-electron chi connectivity index (χ0n) is 24.1. The van der Waals surface area contributed by atoms with E-state index in [1.807, 2.05) is 12.3 Å². The summed E-state index contributed by atoms with van der Waals surface area (Å²) in [6, 6.07) is 3.26. The van der Waals surface area contributed by atoms with Crippen molar-refractivity contribution in [3.8, 4) is 17.0 Å². The van der Waals surface area contributed by atoms with Gasteiger partial charge in [-0.15, -0.1) is 0 Å². The van der Waals surface area contributed by atoms with Crippen LogP contribution in [0.1, 0.15) is 52.0 Å². The number of methoxy groups -OCH3 is 1. The van der Waals surface area contributed by atoms with Crippen molar-refractivity contribution in [3.63, 3.8) is 0 Å². The van der Waals surface area contributed by atoms with Gasteiger partial charge in [-0.2, -0.15) is 5.10 Å². The molecule has 7 rings (SSSR count). The molecule has 3 fully saturated rings. The van der Waals surface area contributed by atoms with Gasteiger partial charge in [-0.05, 0) is 57.3 Å². The lowest BCUT2D eigenvalue weighted by Gasteiger charge is -2.63. The number of fused-ring (bicyclic) bond motifs is 2. The number of rotatable bonds is 6. The van der Waals surface area contributed by atoms with E-state index in [1.54, 1.807) is 17.8 Å². The number of H-pyrrole nitrogens is 1. The van der Waals surface area contributed by atoms with Crippen LogP contribution in [0, 0.1) is 11.2 Å². The molecule has 0 amide bonds. The summed E-state index contributed by atoms with van der Waals surface area (Å²) in [5, 5.41) is 4.93. The molecule has 7 heterocycles. The summed E-state index contributed by atoms with van der Waals surface area (Å²) in [6.07, 6.45) is 7.71. The maximum Gasteiger partial charge on any atom is 0.197 e. The Hall–Kier alpha value is -3.24. The van der Waals surface area contributed by atoms with Crippen LogP contribution in [0.25, 0.3) is 27.8 Å². The Labute approximate surface area is 234 Å². The molecule has 0 aliphatic carbocycles. The highest BCUT2D eigenvalue weighted by atomic mass is 19.1. The summed E-state index contributed by atoms with van der Waals surface area (Å²) < 4.78 is 23.6. The number of halogens is 1. The number of ether oxygens (including phenoxy) is 1. The van der Waals surface area contributed by atoms with E-state index in [4.69, 9.17) is 4.74 Å². The number of pyridine rings is 2. The lowest BCUT2D eigenvalue weighted by atomic mass is 9.71. The number of hydrogen-bond acceptors (Lipinski definition) is 7. The number of hydrogen-bond donors (Lipinski definition) is 1. The molecule has 0 unspecified atom stereocenters. The quantitative estimate of drug-likeness (QED) is 0.381. The third-order valence-electron chi connectivity index (χ3n) is 9.40. The summed E-state index contributed by atoms with van der Waals surface area (Å²) >= 11 is 0. The van der Waals surface area contributed by atoms with Crippen molar-refractivity contribution >= 4 is 22.4 Å². The maximum absolute atomic E-state index is 16.3. The van der Waals surface area contributed by atoms with E-state index in [0.717, 1.165) is 43.0 Å². The number of aromatic nitrogens is 5. The Morgan fingerprint density at radius 3 is 2.50 bits per heavy atom. The summed E-state index contributed by atoms with van der Waals surface area (Å²) in [5.74, 6) is 0.952. The van der Waals surface area contributed by atoms with Gasteiger partial charge in [-0.1, -0.05) is 13.8 Å². The lowest BCUT2D eigenvalue weighted by Crippen LogP contribution is -2.74. The molecule has 0 saturated carbocycles. The molecule has 0 radical (unpaired) electrons. The number of aromatic amines is 1. The molecule has 1 N–H and O–H groups in total. The van der Waals surface area contributed by atoms with Crippen LogP contribution in [0.5, 0.6) is 5.75 Å². The van der Waals surface area contributed by atoms with Crippen molar-refractivity contribution in [2.45, 2.75) is 58.5 Å². The van der Waals surface area contributed by atoms with E-state index in [0.29, 0.717) is 40.2 Å². The molecule has 40 heavy (non-hydrogen) atoms. The maximum atomic E-state index is 16.3. The first kappa shape index (κ1) is 25.7. The molecule has 9 nitrogen and oxygen atoms in total. The molecule has 3 aliphatic rings. The van der Waals surface area contributed by atoms with Crippen molar-refractivity contribution in [1.29, 1.82) is 0 Å². The zero-order valence-corrected chi connectivity index (χ0v) is 24.1. The van der Waals surface area contributed by atoms with Gasteiger partial charge in [0.2, 0.25) is 0 Å². The summed E-state index contributed by atoms with van der Waals surface area (Å²) in [4.78, 5) is 19.7. The highest BCUT2D eigenvalue weighted by Crippen LogP contribution is 2.46. The van der Waals surface area contributed by atoms with E-state index in [-0.39, 0.29) is 17.2 Å². The van der Waals surface area contributed by atoms with Crippen LogP contribution >= 0.6 is 0 Å². The fourth-order valence-electron chi connectivity index (χ4n) is 7.32. The predicted molar refractivity (Wildman–Crippen MR) is 155 cm³/mol. The molecule has 0 bridgehead atoms. The Morgan fingerprint density at radius 1 is 1.07 bits per heavy atom. The van der Waals surface area contributed by atoms with Crippen molar-refractivity contribution in [2.24, 2.45) is 5.41 Å². The van der Waals surface area contributed by atoms with Crippen LogP contribution in [0.15, 0.2) is 24.8 Å². The average molecular weight is 547 g/mol. The van der Waals surface area contributed by atoms with Crippen molar-refractivity contribution in [2.75, 3.05) is 51.3 Å². The number of likely N-dealkylation sites (tertiary alicyclic amines) is 2. The number of nitrogens with zero attached hydrogens (tertiary/aromatic N) is 7. The van der Waals surface area contributed by atoms with Gasteiger partial charge in [0.05, 0.1) is 24.5 Å². The first-order valence-electron chi connectivity index (χ1n) is 14.6. The fraction of sp³-hybridized carbons (Fsp3) is 0.567. The normalized spacial score (nSPS) is 20.2. The molecule has 3 aliphatic heterocycles. The molecule has 4 aromatic heterocycles. The van der Waals surface area contributed by atoms with Crippen molar-refractivity contribution < 1.29 is 9.13 Å². The van der Waals surface area contributed by atoms with E-state index in [2.05, 4.69) is 62.4 Å². The van der Waals surface area contributed by atoms with Crippen LogP contribution in [0.2, 0.25) is 0 Å². The smallest absolute Gasteiger partial charge is 0.197 e. The second kappa shape index (κ2) is 9.41. The Morgan fingerprint density at radius 2 is 1.82 bits per heavy atom. The first-order chi connectivity index (χ1) is 19.3. The van der Waals surface area contributed by atoms with Gasteiger partial charge >= 0.3 is 0 Å². The van der Waals surface area contributed by atoms with E-state index < -0.39 is 0 Å². The second-order valence-electron chi connectivity index (χ2n) is 12.7. The van der Waals surface area contributed by atoms with E-state index in [1.165, 1.54) is 32.3 Å². The third kappa shape index (κ3) is 3.98. The molecule has 10 heteroatoms. The van der Waals surface area contributed by atoms with Gasteiger partial charge in [0.1, 0.15) is 6.33 Å². The molecule has 1 spiro atoms. The van der Waals surface area contributed by atoms with Gasteiger partial charge in [-0.3, -0.25) is 4.90 Å². The summed E-state index contributed by atoms with van der Waals surface area (Å²) in [7, 11) is 1.62. The summed E-state index contributed by atoms with van der Waals surface area (Å²) in [6.45, 7) is 15.2. The van der Waals surface area contributed by atoms with E-state index >= 15 is 4.39 Å². The lowest BCUT2D eigenvalue weighted by molar-refractivity contribution is -0.0657.